The van der Waals surface area contributed by atoms with Crippen molar-refractivity contribution in [3.05, 3.63) is 124 Å². The topological polar surface area (TPSA) is 103 Å². The van der Waals surface area contributed by atoms with Gasteiger partial charge in [0.1, 0.15) is 11.9 Å². The highest BCUT2D eigenvalue weighted by atomic mass is 35.5. The number of imidazole rings is 1. The van der Waals surface area contributed by atoms with Gasteiger partial charge in [-0.1, -0.05) is 48.5 Å². The van der Waals surface area contributed by atoms with Gasteiger partial charge in [-0.3, -0.25) is 10.1 Å². The van der Waals surface area contributed by atoms with Crippen LogP contribution in [0.5, 0.6) is 5.75 Å². The molecule has 0 saturated carbocycles. The van der Waals surface area contributed by atoms with Crippen LogP contribution in [-0.4, -0.2) is 21.6 Å². The van der Waals surface area contributed by atoms with Crippen molar-refractivity contribution >= 4 is 28.9 Å². The van der Waals surface area contributed by atoms with Crippen LogP contribution >= 0.6 is 12.4 Å². The highest BCUT2D eigenvalue weighted by molar-refractivity contribution is 5.97. The molecule has 0 radical (unpaired) electrons. The molecule has 1 aromatic heterocycles. The summed E-state index contributed by atoms with van der Waals surface area (Å²) >= 11 is 0. The maximum Gasteiger partial charge on any atom is 0.270 e. The number of aryl methyl sites for hydroxylation is 1. The van der Waals surface area contributed by atoms with Crippen LogP contribution in [0, 0.1) is 21.4 Å². The zero-order valence-corrected chi connectivity index (χ0v) is 22.1. The Kier molecular flexibility index (Phi) is 8.25. The summed E-state index contributed by atoms with van der Waals surface area (Å²) in [6, 6.07) is 26.5. The molecule has 39 heavy (non-hydrogen) atoms. The van der Waals surface area contributed by atoms with Gasteiger partial charge < -0.3 is 14.0 Å². The van der Waals surface area contributed by atoms with E-state index in [1.807, 2.05) is 66.2 Å². The predicted octanol–water partition coefficient (Wildman–Crippen LogP) is 6.76. The molecule has 1 heterocycles. The van der Waals surface area contributed by atoms with E-state index in [0.717, 1.165) is 33.2 Å². The number of nitrogens with zero attached hydrogens (tertiary/aromatic N) is 4. The van der Waals surface area contributed by atoms with E-state index in [4.69, 9.17) is 9.47 Å². The SMILES string of the molecule is COc1ccc([N+](=O)[O-])cc1COC(c1ccc(C#N)c(-c2cccc3ccccc23)c1)c1cncn1C.Cl. The van der Waals surface area contributed by atoms with Crippen LogP contribution < -0.4 is 4.74 Å². The molecule has 4 aromatic carbocycles. The highest BCUT2D eigenvalue weighted by Crippen LogP contribution is 2.36. The summed E-state index contributed by atoms with van der Waals surface area (Å²) in [6.45, 7) is 0.0598. The fourth-order valence-electron chi connectivity index (χ4n) is 4.64. The van der Waals surface area contributed by atoms with Crippen molar-refractivity contribution in [2.45, 2.75) is 12.7 Å². The summed E-state index contributed by atoms with van der Waals surface area (Å²) in [5.41, 5.74) is 4.42. The van der Waals surface area contributed by atoms with E-state index in [-0.39, 0.29) is 24.7 Å². The lowest BCUT2D eigenvalue weighted by molar-refractivity contribution is -0.385. The fourth-order valence-corrected chi connectivity index (χ4v) is 4.64. The van der Waals surface area contributed by atoms with Gasteiger partial charge in [-0.2, -0.15) is 5.26 Å². The molecule has 0 aliphatic carbocycles. The molecule has 9 heteroatoms. The first-order valence-corrected chi connectivity index (χ1v) is 11.9. The van der Waals surface area contributed by atoms with Crippen molar-refractivity contribution in [2.75, 3.05) is 7.11 Å². The third kappa shape index (κ3) is 5.46. The Morgan fingerprint density at radius 2 is 1.85 bits per heavy atom. The summed E-state index contributed by atoms with van der Waals surface area (Å²) < 4.78 is 13.7. The Balaban J connectivity index is 0.00000353. The summed E-state index contributed by atoms with van der Waals surface area (Å²) in [5.74, 6) is 0.496. The molecule has 0 fully saturated rings. The molecule has 196 valence electrons. The standard InChI is InChI=1S/C30H24N4O4.ClH/c1-33-19-32-17-28(33)30(38-18-23-14-24(34(35)36)12-13-29(23)37-2)21-10-11-22(16-31)27(15-21)26-9-5-7-20-6-3-4-8-25(20)26;/h3-15,17,19,30H,18H2,1-2H3;1H. The van der Waals surface area contributed by atoms with Gasteiger partial charge in [-0.25, -0.2) is 4.98 Å². The maximum absolute atomic E-state index is 11.4. The Morgan fingerprint density at radius 3 is 2.56 bits per heavy atom. The van der Waals surface area contributed by atoms with Gasteiger partial charge >= 0.3 is 0 Å². The number of halogens is 1. The van der Waals surface area contributed by atoms with Crippen LogP contribution in [-0.2, 0) is 18.4 Å². The number of non-ortho nitro benzene ring substituents is 1. The number of methoxy groups -OCH3 is 1. The molecular weight excluding hydrogens is 516 g/mol. The molecule has 1 atom stereocenters. The average molecular weight is 541 g/mol. The third-order valence-corrected chi connectivity index (χ3v) is 6.55. The lowest BCUT2D eigenvalue weighted by Crippen LogP contribution is -2.11. The molecule has 5 rings (SSSR count). The van der Waals surface area contributed by atoms with Gasteiger partial charge in [0.25, 0.3) is 5.69 Å². The number of hydrogen-bond acceptors (Lipinski definition) is 6. The van der Waals surface area contributed by atoms with Crippen LogP contribution in [0.15, 0.2) is 91.4 Å². The number of ether oxygens (including phenoxy) is 2. The number of fused-ring (bicyclic) bond motifs is 1. The molecule has 1 unspecified atom stereocenters. The summed E-state index contributed by atoms with van der Waals surface area (Å²) in [5, 5.41) is 23.4. The first kappa shape index (κ1) is 27.3. The largest absolute Gasteiger partial charge is 0.496 e. The number of nitro benzene ring substituents is 1. The summed E-state index contributed by atoms with van der Waals surface area (Å²) in [4.78, 5) is 15.2. The van der Waals surface area contributed by atoms with E-state index in [0.29, 0.717) is 16.9 Å². The van der Waals surface area contributed by atoms with Gasteiger partial charge in [-0.05, 0) is 40.1 Å². The minimum Gasteiger partial charge on any atom is -0.496 e. The number of aromatic nitrogens is 2. The second-order valence-electron chi connectivity index (χ2n) is 8.82. The monoisotopic (exact) mass is 540 g/mol. The van der Waals surface area contributed by atoms with Crippen molar-refractivity contribution in [1.82, 2.24) is 9.55 Å². The fraction of sp³-hybridized carbons (Fsp3) is 0.133. The number of benzene rings is 4. The molecule has 0 saturated heterocycles. The van der Waals surface area contributed by atoms with Crippen LogP contribution in [0.1, 0.15) is 28.5 Å². The smallest absolute Gasteiger partial charge is 0.270 e. The molecule has 0 bridgehead atoms. The first-order valence-electron chi connectivity index (χ1n) is 11.9. The van der Waals surface area contributed by atoms with Crippen LogP contribution in [0.4, 0.5) is 5.69 Å². The van der Waals surface area contributed by atoms with E-state index in [2.05, 4.69) is 11.1 Å². The molecule has 8 nitrogen and oxygen atoms in total. The Labute approximate surface area is 231 Å². The summed E-state index contributed by atoms with van der Waals surface area (Å²) in [6.07, 6.45) is 2.85. The Hall–Kier alpha value is -4.71. The van der Waals surface area contributed by atoms with Crippen LogP contribution in [0.2, 0.25) is 0 Å². The zero-order valence-electron chi connectivity index (χ0n) is 21.3. The average Bonchev–Trinajstić information content (AvgIpc) is 3.37. The number of nitro groups is 1. The van der Waals surface area contributed by atoms with Gasteiger partial charge in [0.2, 0.25) is 0 Å². The minimum absolute atomic E-state index is 0. The second kappa shape index (κ2) is 11.8. The second-order valence-corrected chi connectivity index (χ2v) is 8.82. The lowest BCUT2D eigenvalue weighted by atomic mass is 9.92. The van der Waals surface area contributed by atoms with Crippen molar-refractivity contribution in [3.8, 4) is 22.9 Å². The van der Waals surface area contributed by atoms with Gasteiger partial charge in [0.15, 0.2) is 0 Å². The quantitative estimate of drug-likeness (QED) is 0.159. The summed E-state index contributed by atoms with van der Waals surface area (Å²) in [7, 11) is 3.39. The van der Waals surface area contributed by atoms with Crippen molar-refractivity contribution in [3.63, 3.8) is 0 Å². The molecule has 5 aromatic rings. The Morgan fingerprint density at radius 1 is 1.05 bits per heavy atom. The van der Waals surface area contributed by atoms with Crippen LogP contribution in [0.3, 0.4) is 0 Å². The third-order valence-electron chi connectivity index (χ3n) is 6.55. The molecule has 0 amide bonds. The van der Waals surface area contributed by atoms with Crippen molar-refractivity contribution in [1.29, 1.82) is 5.26 Å². The molecule has 0 aliphatic rings. The molecular formula is C30H25ClN4O4. The lowest BCUT2D eigenvalue weighted by Gasteiger charge is -2.21. The first-order chi connectivity index (χ1) is 18.5. The highest BCUT2D eigenvalue weighted by Gasteiger charge is 2.22. The van der Waals surface area contributed by atoms with Gasteiger partial charge in [0.05, 0.1) is 48.5 Å². The number of rotatable bonds is 8. The van der Waals surface area contributed by atoms with E-state index in [1.54, 1.807) is 24.7 Å². The number of nitriles is 1. The van der Waals surface area contributed by atoms with E-state index in [1.165, 1.54) is 19.2 Å². The molecule has 0 spiro atoms. The van der Waals surface area contributed by atoms with E-state index < -0.39 is 11.0 Å². The van der Waals surface area contributed by atoms with Gasteiger partial charge in [-0.15, -0.1) is 12.4 Å². The number of hydrogen-bond donors (Lipinski definition) is 0. The maximum atomic E-state index is 11.4. The van der Waals surface area contributed by atoms with E-state index >= 15 is 0 Å². The van der Waals surface area contributed by atoms with E-state index in [9.17, 15) is 15.4 Å². The van der Waals surface area contributed by atoms with Crippen molar-refractivity contribution < 1.29 is 14.4 Å². The van der Waals surface area contributed by atoms with Gasteiger partial charge in [0, 0.05) is 30.3 Å². The van der Waals surface area contributed by atoms with Crippen LogP contribution in [0.25, 0.3) is 21.9 Å². The Bertz CT molecular complexity index is 1690. The molecule has 0 aliphatic heterocycles. The molecule has 0 N–H and O–H groups in total. The normalized spacial score (nSPS) is 11.4. The zero-order chi connectivity index (χ0) is 26.6. The minimum atomic E-state index is -0.562. The van der Waals surface area contributed by atoms with Crippen molar-refractivity contribution in [2.24, 2.45) is 7.05 Å². The predicted molar refractivity (Wildman–Crippen MR) is 151 cm³/mol.